The number of carbonyl (C=O) groups excluding carboxylic acids is 1. The smallest absolute Gasteiger partial charge is 0.249 e. The first-order valence-corrected chi connectivity index (χ1v) is 16.6. The Kier molecular flexibility index (Phi) is 27.9. The number of hydrogen-bond donors (Lipinski definition) is 5. The number of amides is 1. The lowest BCUT2D eigenvalue weighted by atomic mass is 10.00. The first-order chi connectivity index (χ1) is 19.0. The summed E-state index contributed by atoms with van der Waals surface area (Å²) in [7, 11) is 0. The second-order valence-corrected chi connectivity index (χ2v) is 11.5. The minimum Gasteiger partial charge on any atom is -0.394 e. The van der Waals surface area contributed by atoms with E-state index in [1.54, 1.807) is 0 Å². The van der Waals surface area contributed by atoms with Crippen molar-refractivity contribution in [3.8, 4) is 0 Å². The molecule has 0 aliphatic heterocycles. The van der Waals surface area contributed by atoms with Crippen LogP contribution in [0.3, 0.4) is 0 Å². The van der Waals surface area contributed by atoms with Crippen molar-refractivity contribution < 1.29 is 25.2 Å². The van der Waals surface area contributed by atoms with Crippen molar-refractivity contribution >= 4 is 5.91 Å². The lowest BCUT2D eigenvalue weighted by Gasteiger charge is -2.27. The van der Waals surface area contributed by atoms with Gasteiger partial charge in [-0.15, -0.1) is 0 Å². The number of hydrogen-bond acceptors (Lipinski definition) is 5. The summed E-state index contributed by atoms with van der Waals surface area (Å²) in [4.78, 5) is 12.4. The highest BCUT2D eigenvalue weighted by Crippen LogP contribution is 2.14. The van der Waals surface area contributed by atoms with E-state index in [0.717, 1.165) is 38.5 Å². The van der Waals surface area contributed by atoms with Gasteiger partial charge in [0.1, 0.15) is 12.2 Å². The molecule has 0 radical (unpaired) electrons. The van der Waals surface area contributed by atoms with E-state index in [9.17, 15) is 25.2 Å². The van der Waals surface area contributed by atoms with E-state index in [1.165, 1.54) is 96.3 Å². The first kappa shape index (κ1) is 38.0. The fourth-order valence-corrected chi connectivity index (χ4v) is 4.99. The summed E-state index contributed by atoms with van der Waals surface area (Å²) in [5.41, 5.74) is 0. The zero-order chi connectivity index (χ0) is 29.0. The Morgan fingerprint density at radius 1 is 0.615 bits per heavy atom. The van der Waals surface area contributed by atoms with Crippen LogP contribution in [0.15, 0.2) is 12.2 Å². The van der Waals surface area contributed by atoms with Gasteiger partial charge in [0, 0.05) is 0 Å². The molecule has 39 heavy (non-hydrogen) atoms. The molecule has 0 aliphatic rings. The number of rotatable bonds is 29. The predicted octanol–water partition coefficient (Wildman–Crippen LogP) is 7.11. The van der Waals surface area contributed by atoms with Crippen LogP contribution in [0.25, 0.3) is 0 Å². The summed E-state index contributed by atoms with van der Waals surface area (Å²) in [5, 5.41) is 43.2. The maximum Gasteiger partial charge on any atom is 0.249 e. The highest BCUT2D eigenvalue weighted by atomic mass is 16.3. The van der Waals surface area contributed by atoms with Gasteiger partial charge in [-0.1, -0.05) is 135 Å². The van der Waals surface area contributed by atoms with Crippen molar-refractivity contribution in [1.82, 2.24) is 5.32 Å². The molecular weight excluding hydrogens is 490 g/mol. The average Bonchev–Trinajstić information content (AvgIpc) is 2.94. The molecule has 0 saturated heterocycles. The van der Waals surface area contributed by atoms with Crippen molar-refractivity contribution in [3.05, 3.63) is 12.2 Å². The lowest BCUT2D eigenvalue weighted by molar-refractivity contribution is -0.132. The van der Waals surface area contributed by atoms with Gasteiger partial charge in [0.25, 0.3) is 0 Å². The lowest BCUT2D eigenvalue weighted by Crippen LogP contribution is -2.53. The summed E-state index contributed by atoms with van der Waals surface area (Å²) < 4.78 is 0. The van der Waals surface area contributed by atoms with Crippen molar-refractivity contribution in [2.45, 2.75) is 186 Å². The summed E-state index contributed by atoms with van der Waals surface area (Å²) in [6.45, 7) is 3.98. The number of unbranched alkanes of at least 4 members (excludes halogenated alkanes) is 18. The molecule has 0 saturated carbocycles. The highest BCUT2D eigenvalue weighted by molar-refractivity contribution is 5.80. The molecule has 0 aromatic heterocycles. The molecule has 0 bridgehead atoms. The van der Waals surface area contributed by atoms with Crippen LogP contribution in [0.5, 0.6) is 0 Å². The van der Waals surface area contributed by atoms with Crippen LogP contribution in [0.4, 0.5) is 0 Å². The Labute approximate surface area is 241 Å². The Balaban J connectivity index is 3.92. The van der Waals surface area contributed by atoms with Gasteiger partial charge in [0.15, 0.2) is 0 Å². The topological polar surface area (TPSA) is 110 Å². The molecule has 5 N–H and O–H groups in total. The predicted molar refractivity (Wildman–Crippen MR) is 164 cm³/mol. The molecule has 0 rings (SSSR count). The van der Waals surface area contributed by atoms with Gasteiger partial charge in [-0.2, -0.15) is 0 Å². The van der Waals surface area contributed by atoms with E-state index in [0.29, 0.717) is 12.8 Å². The van der Waals surface area contributed by atoms with Gasteiger partial charge in [-0.25, -0.2) is 0 Å². The summed E-state index contributed by atoms with van der Waals surface area (Å²) in [5.74, 6) is -0.596. The monoisotopic (exact) mass is 555 g/mol. The van der Waals surface area contributed by atoms with Gasteiger partial charge in [0.2, 0.25) is 5.91 Å². The van der Waals surface area contributed by atoms with Crippen LogP contribution in [-0.4, -0.2) is 57.3 Å². The van der Waals surface area contributed by atoms with Crippen LogP contribution >= 0.6 is 0 Å². The Hall–Kier alpha value is -0.950. The fourth-order valence-electron chi connectivity index (χ4n) is 4.99. The molecular formula is C33H65NO5. The SMILES string of the molecule is CCCCCCCC/C=C/CCCC(O)C(O)C(CO)NC(=O)C(O)CCCCCCCCCCCCCC. The Bertz CT molecular complexity index is 556. The van der Waals surface area contributed by atoms with Gasteiger partial charge >= 0.3 is 0 Å². The summed E-state index contributed by atoms with van der Waals surface area (Å²) in [6.07, 6.45) is 26.6. The van der Waals surface area contributed by atoms with E-state index in [4.69, 9.17) is 0 Å². The summed E-state index contributed by atoms with van der Waals surface area (Å²) >= 11 is 0. The second-order valence-electron chi connectivity index (χ2n) is 11.5. The van der Waals surface area contributed by atoms with Gasteiger partial charge in [-0.05, 0) is 38.5 Å². The zero-order valence-electron chi connectivity index (χ0n) is 25.6. The van der Waals surface area contributed by atoms with Crippen molar-refractivity contribution in [1.29, 1.82) is 0 Å². The van der Waals surface area contributed by atoms with Gasteiger partial charge < -0.3 is 25.7 Å². The number of aliphatic hydroxyl groups is 4. The molecule has 0 spiro atoms. The van der Waals surface area contributed by atoms with E-state index < -0.39 is 36.9 Å². The fraction of sp³-hybridized carbons (Fsp3) is 0.909. The number of aliphatic hydroxyl groups excluding tert-OH is 4. The Morgan fingerprint density at radius 3 is 1.54 bits per heavy atom. The standard InChI is InChI=1S/C33H65NO5/c1-3-5-7-9-11-13-15-17-19-21-23-25-27-31(37)33(39)34-29(28-35)32(38)30(36)26-24-22-20-18-16-14-12-10-8-6-4-2/h18,20,29-32,35-38H,3-17,19,21-28H2,1-2H3,(H,34,39)/b20-18+. The van der Waals surface area contributed by atoms with Gasteiger partial charge in [0.05, 0.1) is 18.8 Å². The maximum atomic E-state index is 12.4. The van der Waals surface area contributed by atoms with Gasteiger partial charge in [-0.3, -0.25) is 4.79 Å². The molecule has 6 heteroatoms. The largest absolute Gasteiger partial charge is 0.394 e. The van der Waals surface area contributed by atoms with E-state index in [-0.39, 0.29) is 0 Å². The number of carbonyl (C=O) groups is 1. The van der Waals surface area contributed by atoms with E-state index >= 15 is 0 Å². The first-order valence-electron chi connectivity index (χ1n) is 16.6. The maximum absolute atomic E-state index is 12.4. The van der Waals surface area contributed by atoms with Crippen LogP contribution in [0.1, 0.15) is 162 Å². The molecule has 4 atom stereocenters. The van der Waals surface area contributed by atoms with Crippen LogP contribution in [-0.2, 0) is 4.79 Å². The van der Waals surface area contributed by atoms with E-state index in [2.05, 4.69) is 31.3 Å². The molecule has 0 aliphatic carbocycles. The zero-order valence-corrected chi connectivity index (χ0v) is 25.6. The quantitative estimate of drug-likeness (QED) is 0.0499. The third-order valence-corrected chi connectivity index (χ3v) is 7.73. The third-order valence-electron chi connectivity index (χ3n) is 7.73. The molecule has 0 aromatic carbocycles. The minimum absolute atomic E-state index is 0.366. The normalized spacial score (nSPS) is 14.9. The number of allylic oxidation sites excluding steroid dienone is 2. The van der Waals surface area contributed by atoms with E-state index in [1.807, 2.05) is 0 Å². The highest BCUT2D eigenvalue weighted by Gasteiger charge is 2.28. The van der Waals surface area contributed by atoms with Crippen LogP contribution in [0.2, 0.25) is 0 Å². The molecule has 0 fully saturated rings. The van der Waals surface area contributed by atoms with Crippen molar-refractivity contribution in [2.24, 2.45) is 0 Å². The van der Waals surface area contributed by atoms with Crippen LogP contribution < -0.4 is 5.32 Å². The Morgan fingerprint density at radius 2 is 1.05 bits per heavy atom. The number of nitrogens with one attached hydrogen (secondary N) is 1. The van der Waals surface area contributed by atoms with Crippen molar-refractivity contribution in [3.63, 3.8) is 0 Å². The summed E-state index contributed by atoms with van der Waals surface area (Å²) in [6, 6.07) is -0.993. The average molecular weight is 556 g/mol. The molecule has 0 heterocycles. The van der Waals surface area contributed by atoms with Crippen LogP contribution in [0, 0.1) is 0 Å². The molecule has 6 nitrogen and oxygen atoms in total. The molecule has 1 amide bonds. The molecule has 232 valence electrons. The van der Waals surface area contributed by atoms with Crippen molar-refractivity contribution in [2.75, 3.05) is 6.61 Å². The molecule has 0 aromatic rings. The molecule has 4 unspecified atom stereocenters. The third kappa shape index (κ3) is 23.5. The second kappa shape index (κ2) is 28.6. The minimum atomic E-state index is -1.27.